The molecule has 1 saturated heterocycles. The number of rotatable bonds is 3. The first-order valence-corrected chi connectivity index (χ1v) is 9.07. The van der Waals surface area contributed by atoms with Crippen LogP contribution in [0.15, 0.2) is 24.3 Å². The van der Waals surface area contributed by atoms with Crippen molar-refractivity contribution in [2.75, 3.05) is 6.54 Å². The Kier molecular flexibility index (Phi) is 5.51. The minimum atomic E-state index is -0.443. The molecule has 1 aromatic rings. The molecule has 2 atom stereocenters. The van der Waals surface area contributed by atoms with E-state index in [9.17, 15) is 4.79 Å². The zero-order valence-electron chi connectivity index (χ0n) is 13.3. The van der Waals surface area contributed by atoms with Crippen LogP contribution in [0.25, 0.3) is 0 Å². The Labute approximate surface area is 136 Å². The van der Waals surface area contributed by atoms with Crippen LogP contribution in [-0.4, -0.2) is 44.7 Å². The van der Waals surface area contributed by atoms with Crippen LogP contribution in [0.4, 0.5) is 0 Å². The van der Waals surface area contributed by atoms with Crippen molar-refractivity contribution < 1.29 is 9.53 Å². The van der Waals surface area contributed by atoms with Crippen molar-refractivity contribution in [1.82, 2.24) is 4.90 Å². The molecule has 1 aromatic carbocycles. The summed E-state index contributed by atoms with van der Waals surface area (Å²) in [6.45, 7) is 7.84. The normalized spacial score (nSPS) is 20.3. The molecular formula is C17H26AsNO2. The Morgan fingerprint density at radius 1 is 1.29 bits per heavy atom. The van der Waals surface area contributed by atoms with Crippen molar-refractivity contribution in [1.29, 1.82) is 0 Å². The average Bonchev–Trinajstić information content (AvgIpc) is 2.40. The van der Waals surface area contributed by atoms with E-state index in [0.717, 1.165) is 11.4 Å². The van der Waals surface area contributed by atoms with Crippen LogP contribution in [0.2, 0.25) is 0 Å². The Morgan fingerprint density at radius 3 is 2.52 bits per heavy atom. The second-order valence-electron chi connectivity index (χ2n) is 6.73. The van der Waals surface area contributed by atoms with Gasteiger partial charge in [-0.1, -0.05) is 0 Å². The zero-order valence-corrected chi connectivity index (χ0v) is 15.7. The Hall–Kier alpha value is -0.792. The van der Waals surface area contributed by atoms with Gasteiger partial charge in [-0.15, -0.1) is 0 Å². The molecule has 4 heteroatoms. The second-order valence-corrected chi connectivity index (χ2v) is 8.35. The van der Waals surface area contributed by atoms with Crippen LogP contribution in [0.1, 0.15) is 56.0 Å². The second kappa shape index (κ2) is 6.98. The number of hydrogen-bond acceptors (Lipinski definition) is 3. The Morgan fingerprint density at radius 2 is 1.95 bits per heavy atom. The topological polar surface area (TPSA) is 29.5 Å². The summed E-state index contributed by atoms with van der Waals surface area (Å²) in [5, 5.41) is 0. The number of benzene rings is 1. The first kappa shape index (κ1) is 16.6. The first-order valence-electron chi connectivity index (χ1n) is 7.67. The van der Waals surface area contributed by atoms with Gasteiger partial charge in [-0.05, 0) is 0 Å². The van der Waals surface area contributed by atoms with Gasteiger partial charge in [0.15, 0.2) is 0 Å². The molecule has 1 aliphatic heterocycles. The van der Waals surface area contributed by atoms with Gasteiger partial charge in [-0.2, -0.15) is 0 Å². The van der Waals surface area contributed by atoms with Crippen molar-refractivity contribution in [2.45, 2.75) is 57.0 Å². The molecule has 116 valence electrons. The maximum atomic E-state index is 12.0. The first-order chi connectivity index (χ1) is 9.85. The van der Waals surface area contributed by atoms with Gasteiger partial charge in [0.1, 0.15) is 0 Å². The summed E-state index contributed by atoms with van der Waals surface area (Å²) >= 11 is 1.82. The molecule has 0 bridgehead atoms. The number of hydrogen-bond donors (Lipinski definition) is 0. The Bertz CT molecular complexity index is 479. The number of nitrogens with zero attached hydrogens (tertiary/aromatic N) is 1. The minimum absolute atomic E-state index is 0.247. The van der Waals surface area contributed by atoms with Gasteiger partial charge in [-0.3, -0.25) is 0 Å². The zero-order chi connectivity index (χ0) is 15.5. The summed E-state index contributed by atoms with van der Waals surface area (Å²) in [6, 6.07) is 7.85. The molecular weight excluding hydrogens is 325 g/mol. The molecule has 0 N–H and O–H groups in total. The fraction of sp³-hybridized carbons (Fsp3) is 0.588. The molecule has 0 amide bonds. The predicted molar refractivity (Wildman–Crippen MR) is 88.2 cm³/mol. The van der Waals surface area contributed by atoms with Crippen LogP contribution in [-0.2, 0) is 11.3 Å². The summed E-state index contributed by atoms with van der Waals surface area (Å²) in [5.41, 5.74) is 1.46. The van der Waals surface area contributed by atoms with E-state index in [2.05, 4.69) is 4.90 Å². The van der Waals surface area contributed by atoms with Crippen molar-refractivity contribution in [2.24, 2.45) is 0 Å². The van der Waals surface area contributed by atoms with Gasteiger partial charge in [-0.25, -0.2) is 0 Å². The molecule has 0 saturated carbocycles. The van der Waals surface area contributed by atoms with Crippen LogP contribution in [0.5, 0.6) is 0 Å². The fourth-order valence-electron chi connectivity index (χ4n) is 2.53. The van der Waals surface area contributed by atoms with Crippen LogP contribution >= 0.6 is 0 Å². The monoisotopic (exact) mass is 351 g/mol. The van der Waals surface area contributed by atoms with Gasteiger partial charge in [0.05, 0.1) is 0 Å². The average molecular weight is 351 g/mol. The third kappa shape index (κ3) is 5.16. The molecule has 1 fully saturated rings. The van der Waals surface area contributed by atoms with E-state index < -0.39 is 5.60 Å². The molecule has 1 heterocycles. The molecule has 0 radical (unpaired) electrons. The number of ether oxygens (including phenoxy) is 1. The molecule has 2 unspecified atom stereocenters. The maximum absolute atomic E-state index is 12.0. The van der Waals surface area contributed by atoms with Crippen molar-refractivity contribution in [3.8, 4) is 0 Å². The van der Waals surface area contributed by atoms with E-state index in [1.165, 1.54) is 31.4 Å². The quantitative estimate of drug-likeness (QED) is 0.619. The summed E-state index contributed by atoms with van der Waals surface area (Å²) in [4.78, 5) is 15.3. The van der Waals surface area contributed by atoms with Crippen molar-refractivity contribution >= 4 is 22.8 Å². The predicted octanol–water partition coefficient (Wildman–Crippen LogP) is 2.59. The van der Waals surface area contributed by atoms with E-state index in [0.29, 0.717) is 5.56 Å². The molecule has 0 aromatic heterocycles. The van der Waals surface area contributed by atoms with Crippen molar-refractivity contribution in [3.05, 3.63) is 35.4 Å². The van der Waals surface area contributed by atoms with Gasteiger partial charge < -0.3 is 0 Å². The van der Waals surface area contributed by atoms with E-state index in [1.54, 1.807) is 0 Å². The summed E-state index contributed by atoms with van der Waals surface area (Å²) in [5.74, 6) is -0.247. The van der Waals surface area contributed by atoms with Crippen molar-refractivity contribution in [3.63, 3.8) is 0 Å². The molecule has 0 aliphatic carbocycles. The molecule has 1 aliphatic rings. The number of carbonyl (C=O) groups excluding carboxylic acids is 1. The fourth-order valence-corrected chi connectivity index (χ4v) is 3.56. The van der Waals surface area contributed by atoms with E-state index in [-0.39, 0.29) is 5.97 Å². The molecule has 3 nitrogen and oxygen atoms in total. The molecule has 0 spiro atoms. The third-order valence-electron chi connectivity index (χ3n) is 3.64. The van der Waals surface area contributed by atoms with Crippen LogP contribution in [0, 0.1) is 0 Å². The van der Waals surface area contributed by atoms with Gasteiger partial charge in [0.2, 0.25) is 0 Å². The number of carbonyl (C=O) groups is 1. The molecule has 2 rings (SSSR count). The van der Waals surface area contributed by atoms with E-state index >= 15 is 0 Å². The number of esters is 1. The summed E-state index contributed by atoms with van der Waals surface area (Å²) in [7, 11) is 0. The van der Waals surface area contributed by atoms with E-state index in [1.807, 2.05) is 61.9 Å². The number of likely N-dealkylation sites (tertiary alicyclic amines) is 1. The van der Waals surface area contributed by atoms with Gasteiger partial charge in [0.25, 0.3) is 0 Å². The van der Waals surface area contributed by atoms with Crippen LogP contribution < -0.4 is 0 Å². The van der Waals surface area contributed by atoms with Gasteiger partial charge in [0, 0.05) is 0 Å². The SMILES string of the molecule is CC(C)(C)OC(=O)c1ccc(CN2CCCCC2[AsH2])cc1. The summed E-state index contributed by atoms with van der Waals surface area (Å²) in [6.07, 6.45) is 3.98. The van der Waals surface area contributed by atoms with Crippen LogP contribution in [0.3, 0.4) is 0 Å². The van der Waals surface area contributed by atoms with Gasteiger partial charge >= 0.3 is 136 Å². The standard InChI is InChI=1S/C17H26AsNO2/c1-17(2,3)21-16(20)14-9-7-13(8-10-14)12-19-11-5-4-6-15(19)18/h7-10,15H,4-6,11-12,18H2,1-3H3. The Balaban J connectivity index is 1.97. The molecule has 21 heavy (non-hydrogen) atoms. The number of piperidine rings is 1. The van der Waals surface area contributed by atoms with E-state index in [4.69, 9.17) is 4.74 Å². The third-order valence-corrected chi connectivity index (χ3v) is 5.22. The summed E-state index contributed by atoms with van der Waals surface area (Å²) < 4.78 is 5.38.